The van der Waals surface area contributed by atoms with Crippen LogP contribution in [-0.4, -0.2) is 45.2 Å². The van der Waals surface area contributed by atoms with Crippen LogP contribution in [-0.2, 0) is 0 Å². The van der Waals surface area contributed by atoms with E-state index < -0.39 is 0 Å². The summed E-state index contributed by atoms with van der Waals surface area (Å²) in [5.41, 5.74) is 0.593. The molecule has 0 aliphatic heterocycles. The minimum Gasteiger partial charge on any atom is -0.497 e. The zero-order valence-electron chi connectivity index (χ0n) is 15.7. The molecule has 1 amide bonds. The molecule has 0 saturated heterocycles. The number of hydrogen-bond donors (Lipinski definition) is 3. The average Bonchev–Trinajstić information content (AvgIpc) is 2.64. The van der Waals surface area contributed by atoms with Crippen LogP contribution in [0, 0.1) is 0 Å². The molecule has 0 aliphatic carbocycles. The second-order valence-electron chi connectivity index (χ2n) is 5.74. The van der Waals surface area contributed by atoms with Crippen molar-refractivity contribution in [1.29, 1.82) is 0 Å². The number of unbranched alkanes of at least 4 members (excludes halogenated alkanes) is 3. The number of carbonyl (C=O) groups excluding carboxylic acids is 1. The maximum atomic E-state index is 12.1. The van der Waals surface area contributed by atoms with E-state index in [0.717, 1.165) is 25.5 Å². The van der Waals surface area contributed by atoms with Gasteiger partial charge in [0.2, 0.25) is 0 Å². The smallest absolute Gasteiger partial charge is 0.251 e. The van der Waals surface area contributed by atoms with Crippen LogP contribution in [0.25, 0.3) is 0 Å². The van der Waals surface area contributed by atoms with E-state index in [-0.39, 0.29) is 5.91 Å². The first-order valence-electron chi connectivity index (χ1n) is 9.15. The lowest BCUT2D eigenvalue weighted by molar-refractivity contribution is 0.0954. The highest BCUT2D eigenvalue weighted by Crippen LogP contribution is 2.12. The lowest BCUT2D eigenvalue weighted by atomic mass is 10.2. The van der Waals surface area contributed by atoms with Gasteiger partial charge in [-0.25, -0.2) is 0 Å². The Balaban J connectivity index is 2.32. The minimum atomic E-state index is -0.109. The van der Waals surface area contributed by atoms with Gasteiger partial charge in [-0.3, -0.25) is 9.79 Å². The van der Waals surface area contributed by atoms with E-state index in [1.807, 2.05) is 13.0 Å². The Morgan fingerprint density at radius 3 is 2.60 bits per heavy atom. The van der Waals surface area contributed by atoms with Gasteiger partial charge in [0, 0.05) is 31.7 Å². The van der Waals surface area contributed by atoms with E-state index in [4.69, 9.17) is 4.74 Å². The van der Waals surface area contributed by atoms with Gasteiger partial charge < -0.3 is 20.7 Å². The molecule has 0 aromatic heterocycles. The van der Waals surface area contributed by atoms with Crippen molar-refractivity contribution in [2.75, 3.05) is 33.3 Å². The van der Waals surface area contributed by atoms with Crippen molar-refractivity contribution in [3.8, 4) is 5.75 Å². The summed E-state index contributed by atoms with van der Waals surface area (Å²) in [5.74, 6) is 1.37. The summed E-state index contributed by atoms with van der Waals surface area (Å²) in [6.45, 7) is 7.03. The second kappa shape index (κ2) is 13.1. The number of benzene rings is 1. The molecule has 0 bridgehead atoms. The molecule has 0 spiro atoms. The molecule has 6 nitrogen and oxygen atoms in total. The average molecular weight is 348 g/mol. The lowest BCUT2D eigenvalue weighted by Gasteiger charge is -2.12. The van der Waals surface area contributed by atoms with Gasteiger partial charge in [0.05, 0.1) is 7.11 Å². The highest BCUT2D eigenvalue weighted by molar-refractivity contribution is 5.94. The number of carbonyl (C=O) groups is 1. The number of hydrogen-bond acceptors (Lipinski definition) is 3. The molecule has 0 atom stereocenters. The molecule has 0 heterocycles. The van der Waals surface area contributed by atoms with Crippen LogP contribution in [0.4, 0.5) is 0 Å². The predicted octanol–water partition coefficient (Wildman–Crippen LogP) is 2.56. The Kier molecular flexibility index (Phi) is 10.9. The molecule has 140 valence electrons. The molecule has 0 fully saturated rings. The first-order valence-corrected chi connectivity index (χ1v) is 9.15. The highest BCUT2D eigenvalue weighted by atomic mass is 16.5. The van der Waals surface area contributed by atoms with Gasteiger partial charge in [-0.15, -0.1) is 0 Å². The summed E-state index contributed by atoms with van der Waals surface area (Å²) in [6, 6.07) is 7.12. The fourth-order valence-corrected chi connectivity index (χ4v) is 2.29. The van der Waals surface area contributed by atoms with Crippen molar-refractivity contribution >= 4 is 11.9 Å². The third-order valence-electron chi connectivity index (χ3n) is 3.66. The van der Waals surface area contributed by atoms with E-state index in [0.29, 0.717) is 24.4 Å². The Morgan fingerprint density at radius 1 is 1.08 bits per heavy atom. The van der Waals surface area contributed by atoms with E-state index in [1.165, 1.54) is 19.3 Å². The summed E-state index contributed by atoms with van der Waals surface area (Å²) in [7, 11) is 1.59. The first-order chi connectivity index (χ1) is 12.2. The molecule has 25 heavy (non-hydrogen) atoms. The summed E-state index contributed by atoms with van der Waals surface area (Å²) in [4.78, 5) is 16.7. The van der Waals surface area contributed by atoms with Crippen LogP contribution in [0.2, 0.25) is 0 Å². The molecule has 6 heteroatoms. The monoisotopic (exact) mass is 348 g/mol. The number of nitrogens with one attached hydrogen (secondary N) is 3. The maximum Gasteiger partial charge on any atom is 0.251 e. The van der Waals surface area contributed by atoms with Crippen molar-refractivity contribution < 1.29 is 9.53 Å². The largest absolute Gasteiger partial charge is 0.497 e. The van der Waals surface area contributed by atoms with Crippen LogP contribution in [0.15, 0.2) is 29.3 Å². The quantitative estimate of drug-likeness (QED) is 0.326. The number of methoxy groups -OCH3 is 1. The fourth-order valence-electron chi connectivity index (χ4n) is 2.29. The molecule has 3 N–H and O–H groups in total. The number of ether oxygens (including phenoxy) is 1. The zero-order valence-corrected chi connectivity index (χ0v) is 15.7. The molecule has 1 aromatic carbocycles. The van der Waals surface area contributed by atoms with E-state index in [9.17, 15) is 4.79 Å². The number of amides is 1. The molecule has 0 aliphatic rings. The molecular formula is C19H32N4O2. The fraction of sp³-hybridized carbons (Fsp3) is 0.579. The number of nitrogens with zero attached hydrogens (tertiary/aromatic N) is 1. The number of rotatable bonds is 11. The topological polar surface area (TPSA) is 74.8 Å². The Hall–Kier alpha value is -2.24. The van der Waals surface area contributed by atoms with E-state index in [2.05, 4.69) is 27.9 Å². The van der Waals surface area contributed by atoms with Gasteiger partial charge in [0.15, 0.2) is 5.96 Å². The third kappa shape index (κ3) is 8.98. The van der Waals surface area contributed by atoms with Gasteiger partial charge in [0.1, 0.15) is 5.75 Å². The number of guanidine groups is 1. The van der Waals surface area contributed by atoms with Crippen LogP contribution >= 0.6 is 0 Å². The Labute approximate surface area is 151 Å². The Bertz CT molecular complexity index is 532. The molecular weight excluding hydrogens is 316 g/mol. The first kappa shape index (κ1) is 20.8. The summed E-state index contributed by atoms with van der Waals surface area (Å²) < 4.78 is 5.13. The van der Waals surface area contributed by atoms with Crippen LogP contribution in [0.3, 0.4) is 0 Å². The molecule has 0 unspecified atom stereocenters. The molecule has 1 rings (SSSR count). The normalized spacial score (nSPS) is 11.1. The van der Waals surface area contributed by atoms with E-state index in [1.54, 1.807) is 25.3 Å². The lowest BCUT2D eigenvalue weighted by Crippen LogP contribution is -2.41. The van der Waals surface area contributed by atoms with Crippen molar-refractivity contribution in [2.45, 2.75) is 39.5 Å². The highest BCUT2D eigenvalue weighted by Gasteiger charge is 2.05. The second-order valence-corrected chi connectivity index (χ2v) is 5.74. The van der Waals surface area contributed by atoms with Crippen LogP contribution < -0.4 is 20.7 Å². The molecule has 0 saturated carbocycles. The van der Waals surface area contributed by atoms with Crippen molar-refractivity contribution in [2.24, 2.45) is 4.99 Å². The predicted molar refractivity (Wildman–Crippen MR) is 103 cm³/mol. The van der Waals surface area contributed by atoms with Crippen molar-refractivity contribution in [3.63, 3.8) is 0 Å². The molecule has 0 radical (unpaired) electrons. The third-order valence-corrected chi connectivity index (χ3v) is 3.66. The van der Waals surface area contributed by atoms with Crippen LogP contribution in [0.1, 0.15) is 49.9 Å². The van der Waals surface area contributed by atoms with Crippen molar-refractivity contribution in [3.05, 3.63) is 29.8 Å². The number of aliphatic imine (C=N–C) groups is 1. The van der Waals surface area contributed by atoms with Gasteiger partial charge in [-0.1, -0.05) is 32.3 Å². The van der Waals surface area contributed by atoms with Gasteiger partial charge in [0.25, 0.3) is 5.91 Å². The summed E-state index contributed by atoms with van der Waals surface area (Å²) >= 11 is 0. The SMILES string of the molecule is CCCCCCN=C(NCC)NCCNC(=O)c1cccc(OC)c1. The zero-order chi connectivity index (χ0) is 18.3. The van der Waals surface area contributed by atoms with Gasteiger partial charge in [-0.05, 0) is 31.5 Å². The maximum absolute atomic E-state index is 12.1. The van der Waals surface area contributed by atoms with Crippen molar-refractivity contribution in [1.82, 2.24) is 16.0 Å². The van der Waals surface area contributed by atoms with Gasteiger partial charge >= 0.3 is 0 Å². The van der Waals surface area contributed by atoms with Crippen LogP contribution in [0.5, 0.6) is 5.75 Å². The summed E-state index contributed by atoms with van der Waals surface area (Å²) in [6.07, 6.45) is 4.82. The molecule has 1 aromatic rings. The summed E-state index contributed by atoms with van der Waals surface area (Å²) in [5, 5.41) is 9.35. The standard InChI is InChI=1S/C19H32N4O2/c1-4-6-7-8-12-22-19(20-5-2)23-14-13-21-18(24)16-10-9-11-17(15-16)25-3/h9-11,15H,4-8,12-14H2,1-3H3,(H,21,24)(H2,20,22,23). The van der Waals surface area contributed by atoms with E-state index >= 15 is 0 Å². The Morgan fingerprint density at radius 2 is 1.88 bits per heavy atom. The van der Waals surface area contributed by atoms with Gasteiger partial charge in [-0.2, -0.15) is 0 Å². The minimum absolute atomic E-state index is 0.109.